The van der Waals surface area contributed by atoms with Gasteiger partial charge in [0.25, 0.3) is 5.91 Å². The van der Waals surface area contributed by atoms with E-state index in [0.29, 0.717) is 22.5 Å². The van der Waals surface area contributed by atoms with E-state index in [1.165, 1.54) is 37.0 Å². The van der Waals surface area contributed by atoms with Crippen LogP contribution in [0.4, 0.5) is 5.00 Å². The van der Waals surface area contributed by atoms with Crippen LogP contribution in [0.2, 0.25) is 0 Å². The van der Waals surface area contributed by atoms with Gasteiger partial charge in [0.05, 0.1) is 10.6 Å². The molecular weight excluding hydrogens is 244 g/mol. The highest BCUT2D eigenvalue weighted by atomic mass is 32.1. The minimum absolute atomic E-state index is 0.0216. The summed E-state index contributed by atoms with van der Waals surface area (Å²) in [6, 6.07) is 2.43. The van der Waals surface area contributed by atoms with Gasteiger partial charge in [0.2, 0.25) is 0 Å². The molecule has 3 nitrogen and oxygen atoms in total. The molecule has 1 aromatic rings. The maximum atomic E-state index is 12.0. The Hall–Kier alpha value is -1.03. The van der Waals surface area contributed by atoms with Gasteiger partial charge >= 0.3 is 0 Å². The van der Waals surface area contributed by atoms with Crippen molar-refractivity contribution in [3.63, 3.8) is 0 Å². The Bertz CT molecular complexity index is 445. The number of amides is 1. The zero-order valence-electron chi connectivity index (χ0n) is 10.6. The lowest BCUT2D eigenvalue weighted by Gasteiger charge is -2.19. The first kappa shape index (κ1) is 12.0. The molecule has 2 aliphatic rings. The summed E-state index contributed by atoms with van der Waals surface area (Å²) in [6.45, 7) is 0. The summed E-state index contributed by atoms with van der Waals surface area (Å²) in [4.78, 5) is 13.3. The molecule has 0 aromatic carbocycles. The second-order valence-corrected chi connectivity index (χ2v) is 6.62. The molecule has 18 heavy (non-hydrogen) atoms. The number of nitrogens with two attached hydrogens (primary N) is 1. The third-order valence-electron chi connectivity index (χ3n) is 3.94. The second kappa shape index (κ2) is 4.92. The highest BCUT2D eigenvalue weighted by molar-refractivity contribution is 7.16. The highest BCUT2D eigenvalue weighted by Crippen LogP contribution is 2.39. The van der Waals surface area contributed by atoms with Gasteiger partial charge in [-0.25, -0.2) is 0 Å². The van der Waals surface area contributed by atoms with Gasteiger partial charge in [0.15, 0.2) is 0 Å². The quantitative estimate of drug-likeness (QED) is 0.880. The fraction of sp³-hybridized carbons (Fsp3) is 0.643. The predicted molar refractivity (Wildman–Crippen MR) is 75.0 cm³/mol. The Balaban J connectivity index is 1.74. The predicted octanol–water partition coefficient (Wildman–Crippen LogP) is 3.27. The number of rotatable bonds is 3. The van der Waals surface area contributed by atoms with Crippen molar-refractivity contribution in [3.05, 3.63) is 16.5 Å². The van der Waals surface area contributed by atoms with Crippen LogP contribution in [-0.2, 0) is 0 Å². The van der Waals surface area contributed by atoms with E-state index >= 15 is 0 Å². The first-order valence-corrected chi connectivity index (χ1v) is 7.76. The number of hydrogen-bond acceptors (Lipinski definition) is 3. The van der Waals surface area contributed by atoms with Crippen LogP contribution in [0.15, 0.2) is 6.07 Å². The first-order valence-electron chi connectivity index (χ1n) is 6.94. The molecule has 1 aromatic heterocycles. The molecule has 2 aliphatic carbocycles. The first-order chi connectivity index (χ1) is 8.74. The Labute approximate surface area is 112 Å². The third kappa shape index (κ3) is 2.53. The molecule has 2 saturated carbocycles. The number of nitrogens with one attached hydrogen (secondary N) is 1. The minimum atomic E-state index is 0.0216. The molecule has 3 rings (SSSR count). The summed E-state index contributed by atoms with van der Waals surface area (Å²) in [5, 5.41) is 3.70. The lowest BCUT2D eigenvalue weighted by atomic mass is 9.88. The maximum absolute atomic E-state index is 12.0. The number of carbonyl (C=O) groups is 1. The molecule has 4 heteroatoms. The standard InChI is InChI=1S/C14H20N2OS/c15-13-11(14(17)16-10-6-7-10)8-12(18-13)9-4-2-1-3-5-9/h8-10H,1-7,15H2,(H,16,17). The van der Waals surface area contributed by atoms with Crippen LogP contribution in [0.3, 0.4) is 0 Å². The van der Waals surface area contributed by atoms with E-state index in [1.54, 1.807) is 11.3 Å². The van der Waals surface area contributed by atoms with Gasteiger partial charge in [-0.05, 0) is 37.7 Å². The molecule has 0 radical (unpaired) electrons. The van der Waals surface area contributed by atoms with Crippen molar-refractivity contribution in [2.45, 2.75) is 56.9 Å². The van der Waals surface area contributed by atoms with Crippen LogP contribution in [0.25, 0.3) is 0 Å². The molecule has 0 bridgehead atoms. The SMILES string of the molecule is Nc1sc(C2CCCCC2)cc1C(=O)NC1CC1. The lowest BCUT2D eigenvalue weighted by Crippen LogP contribution is -2.25. The number of hydrogen-bond donors (Lipinski definition) is 2. The maximum Gasteiger partial charge on any atom is 0.254 e. The van der Waals surface area contributed by atoms with E-state index in [0.717, 1.165) is 12.8 Å². The number of nitrogen functional groups attached to an aromatic ring is 1. The molecule has 3 N–H and O–H groups in total. The van der Waals surface area contributed by atoms with Crippen LogP contribution >= 0.6 is 11.3 Å². The summed E-state index contributed by atoms with van der Waals surface area (Å²) < 4.78 is 0. The fourth-order valence-electron chi connectivity index (χ4n) is 2.68. The summed E-state index contributed by atoms with van der Waals surface area (Å²) in [5.41, 5.74) is 6.70. The number of carbonyl (C=O) groups excluding carboxylic acids is 1. The van der Waals surface area contributed by atoms with Crippen molar-refractivity contribution < 1.29 is 4.79 Å². The smallest absolute Gasteiger partial charge is 0.254 e. The molecule has 0 unspecified atom stereocenters. The van der Waals surface area contributed by atoms with E-state index < -0.39 is 0 Å². The number of thiophene rings is 1. The molecular formula is C14H20N2OS. The van der Waals surface area contributed by atoms with Gasteiger partial charge in [0, 0.05) is 10.9 Å². The van der Waals surface area contributed by atoms with Gasteiger partial charge in [-0.2, -0.15) is 0 Å². The van der Waals surface area contributed by atoms with Crippen LogP contribution in [0.1, 0.15) is 66.1 Å². The van der Waals surface area contributed by atoms with E-state index in [-0.39, 0.29) is 5.91 Å². The average Bonchev–Trinajstić information content (AvgIpc) is 3.10. The van der Waals surface area contributed by atoms with Crippen LogP contribution < -0.4 is 11.1 Å². The molecule has 2 fully saturated rings. The molecule has 98 valence electrons. The number of anilines is 1. The molecule has 0 saturated heterocycles. The van der Waals surface area contributed by atoms with E-state index in [4.69, 9.17) is 5.73 Å². The van der Waals surface area contributed by atoms with Crippen LogP contribution in [0, 0.1) is 0 Å². The summed E-state index contributed by atoms with van der Waals surface area (Å²) >= 11 is 1.61. The Kier molecular flexibility index (Phi) is 3.29. The fourth-order valence-corrected chi connectivity index (χ4v) is 3.78. The van der Waals surface area contributed by atoms with Crippen molar-refractivity contribution in [3.8, 4) is 0 Å². The zero-order chi connectivity index (χ0) is 12.5. The topological polar surface area (TPSA) is 55.1 Å². The van der Waals surface area contributed by atoms with Crippen molar-refractivity contribution in [2.24, 2.45) is 0 Å². The van der Waals surface area contributed by atoms with Gasteiger partial charge < -0.3 is 11.1 Å². The van der Waals surface area contributed by atoms with Gasteiger partial charge in [-0.3, -0.25) is 4.79 Å². The highest BCUT2D eigenvalue weighted by Gasteiger charge is 2.26. The Morgan fingerprint density at radius 2 is 1.94 bits per heavy atom. The largest absolute Gasteiger partial charge is 0.390 e. The van der Waals surface area contributed by atoms with Crippen molar-refractivity contribution in [1.29, 1.82) is 0 Å². The molecule has 0 atom stereocenters. The van der Waals surface area contributed by atoms with Crippen molar-refractivity contribution >= 4 is 22.2 Å². The summed E-state index contributed by atoms with van der Waals surface area (Å²) in [5.74, 6) is 0.654. The summed E-state index contributed by atoms with van der Waals surface area (Å²) in [6.07, 6.45) is 8.72. The van der Waals surface area contributed by atoms with E-state index in [2.05, 4.69) is 5.32 Å². The summed E-state index contributed by atoms with van der Waals surface area (Å²) in [7, 11) is 0. The lowest BCUT2D eigenvalue weighted by molar-refractivity contribution is 0.0952. The second-order valence-electron chi connectivity index (χ2n) is 5.51. The monoisotopic (exact) mass is 264 g/mol. The van der Waals surface area contributed by atoms with Crippen LogP contribution in [0.5, 0.6) is 0 Å². The van der Waals surface area contributed by atoms with Crippen LogP contribution in [-0.4, -0.2) is 11.9 Å². The normalized spacial score (nSPS) is 20.9. The van der Waals surface area contributed by atoms with Gasteiger partial charge in [-0.1, -0.05) is 19.3 Å². The minimum Gasteiger partial charge on any atom is -0.390 e. The van der Waals surface area contributed by atoms with Crippen molar-refractivity contribution in [2.75, 3.05) is 5.73 Å². The molecule has 0 spiro atoms. The average molecular weight is 264 g/mol. The third-order valence-corrected chi connectivity index (χ3v) is 5.07. The molecule has 1 heterocycles. The Morgan fingerprint density at radius 3 is 2.61 bits per heavy atom. The molecule has 1 amide bonds. The Morgan fingerprint density at radius 1 is 1.22 bits per heavy atom. The molecule has 0 aliphatic heterocycles. The van der Waals surface area contributed by atoms with Gasteiger partial charge in [-0.15, -0.1) is 11.3 Å². The van der Waals surface area contributed by atoms with E-state index in [9.17, 15) is 4.79 Å². The van der Waals surface area contributed by atoms with E-state index in [1.807, 2.05) is 6.07 Å². The zero-order valence-corrected chi connectivity index (χ0v) is 11.4. The van der Waals surface area contributed by atoms with Gasteiger partial charge in [0.1, 0.15) is 0 Å². The van der Waals surface area contributed by atoms with Crippen molar-refractivity contribution in [1.82, 2.24) is 5.32 Å².